The third kappa shape index (κ3) is 3.35. The Morgan fingerprint density at radius 1 is 1.24 bits per heavy atom. The maximum absolute atomic E-state index is 13.4. The summed E-state index contributed by atoms with van der Waals surface area (Å²) in [7, 11) is 0. The van der Waals surface area contributed by atoms with E-state index >= 15 is 0 Å². The molecule has 0 saturated carbocycles. The predicted octanol–water partition coefficient (Wildman–Crippen LogP) is 4.08. The zero-order valence-corrected chi connectivity index (χ0v) is 11.1. The molecule has 1 aromatic rings. The lowest BCUT2D eigenvalue weighted by atomic mass is 9.85. The highest BCUT2D eigenvalue weighted by Gasteiger charge is 2.26. The molecule has 0 heterocycles. The Morgan fingerprint density at radius 2 is 1.88 bits per heavy atom. The molecule has 0 radical (unpaired) electrons. The highest BCUT2D eigenvalue weighted by atomic mass is 32.1. The van der Waals surface area contributed by atoms with Crippen LogP contribution in [-0.2, 0) is 0 Å². The SMILES string of the molecule is CCC(CC)(CS)COc1cccc(F)c1F. The Kier molecular flexibility index (Phi) is 5.25. The molecule has 1 nitrogen and oxygen atoms in total. The van der Waals surface area contributed by atoms with Gasteiger partial charge in [0.05, 0.1) is 6.61 Å². The predicted molar refractivity (Wildman–Crippen MR) is 68.7 cm³/mol. The molecule has 0 bridgehead atoms. The molecule has 0 atom stereocenters. The third-order valence-corrected chi connectivity index (χ3v) is 3.96. The molecule has 0 aliphatic heterocycles. The van der Waals surface area contributed by atoms with Crippen molar-refractivity contribution in [3.63, 3.8) is 0 Å². The van der Waals surface area contributed by atoms with E-state index in [1.165, 1.54) is 12.1 Å². The summed E-state index contributed by atoms with van der Waals surface area (Å²) in [5.41, 5.74) is -0.0815. The maximum Gasteiger partial charge on any atom is 0.200 e. The van der Waals surface area contributed by atoms with Gasteiger partial charge in [-0.2, -0.15) is 17.0 Å². The second kappa shape index (κ2) is 6.24. The first-order valence-electron chi connectivity index (χ1n) is 5.76. The zero-order valence-electron chi connectivity index (χ0n) is 10.2. The molecule has 1 aromatic carbocycles. The number of thiol groups is 1. The quantitative estimate of drug-likeness (QED) is 0.758. The van der Waals surface area contributed by atoms with Gasteiger partial charge in [-0.05, 0) is 30.7 Å². The Hall–Kier alpha value is -0.770. The topological polar surface area (TPSA) is 9.23 Å². The average molecular weight is 260 g/mol. The standard InChI is InChI=1S/C13H18F2OS/c1-3-13(4-2,9-17)8-16-11-7-5-6-10(14)12(11)15/h5-7,17H,3-4,8-9H2,1-2H3. The first kappa shape index (κ1) is 14.3. The monoisotopic (exact) mass is 260 g/mol. The molecule has 0 fully saturated rings. The largest absolute Gasteiger partial charge is 0.490 e. The van der Waals surface area contributed by atoms with Crippen molar-refractivity contribution < 1.29 is 13.5 Å². The van der Waals surface area contributed by atoms with Gasteiger partial charge in [-0.25, -0.2) is 4.39 Å². The van der Waals surface area contributed by atoms with Crippen molar-refractivity contribution in [1.29, 1.82) is 0 Å². The molecule has 17 heavy (non-hydrogen) atoms. The van der Waals surface area contributed by atoms with Gasteiger partial charge >= 0.3 is 0 Å². The Balaban J connectivity index is 2.75. The fourth-order valence-electron chi connectivity index (χ4n) is 1.55. The van der Waals surface area contributed by atoms with Crippen LogP contribution in [0.2, 0.25) is 0 Å². The number of rotatable bonds is 6. The second-order valence-corrected chi connectivity index (χ2v) is 4.52. The normalized spacial score (nSPS) is 11.6. The molecule has 0 aliphatic carbocycles. The van der Waals surface area contributed by atoms with Gasteiger partial charge in [0.1, 0.15) is 0 Å². The fourth-order valence-corrected chi connectivity index (χ4v) is 2.09. The van der Waals surface area contributed by atoms with Crippen molar-refractivity contribution in [2.24, 2.45) is 5.41 Å². The third-order valence-electron chi connectivity index (χ3n) is 3.29. The Bertz CT molecular complexity index is 356. The number of halogens is 2. The molecule has 0 amide bonds. The van der Waals surface area contributed by atoms with E-state index in [4.69, 9.17) is 4.74 Å². The summed E-state index contributed by atoms with van der Waals surface area (Å²) < 4.78 is 31.7. The van der Waals surface area contributed by atoms with E-state index in [2.05, 4.69) is 12.6 Å². The molecular formula is C13H18F2OS. The molecule has 0 aliphatic rings. The second-order valence-electron chi connectivity index (χ2n) is 4.21. The first-order chi connectivity index (χ1) is 8.08. The molecule has 0 unspecified atom stereocenters. The number of benzene rings is 1. The van der Waals surface area contributed by atoms with Crippen LogP contribution < -0.4 is 4.74 Å². The molecule has 96 valence electrons. The van der Waals surface area contributed by atoms with Gasteiger partial charge in [0.15, 0.2) is 11.6 Å². The summed E-state index contributed by atoms with van der Waals surface area (Å²) in [5.74, 6) is -1.17. The lowest BCUT2D eigenvalue weighted by molar-refractivity contribution is 0.151. The van der Waals surface area contributed by atoms with E-state index in [1.54, 1.807) is 0 Å². The van der Waals surface area contributed by atoms with Crippen LogP contribution in [0.15, 0.2) is 18.2 Å². The minimum absolute atomic E-state index is 0.0296. The lowest BCUT2D eigenvalue weighted by Gasteiger charge is -2.29. The van der Waals surface area contributed by atoms with Gasteiger partial charge in [0.2, 0.25) is 5.82 Å². The van der Waals surface area contributed by atoms with E-state index in [0.29, 0.717) is 12.4 Å². The first-order valence-corrected chi connectivity index (χ1v) is 6.39. The summed E-state index contributed by atoms with van der Waals surface area (Å²) in [6, 6.07) is 3.95. The number of hydrogen-bond acceptors (Lipinski definition) is 2. The average Bonchev–Trinajstić information content (AvgIpc) is 2.36. The molecule has 0 saturated heterocycles. The summed E-state index contributed by atoms with van der Waals surface area (Å²) in [5, 5.41) is 0. The van der Waals surface area contributed by atoms with E-state index in [9.17, 15) is 8.78 Å². The fraction of sp³-hybridized carbons (Fsp3) is 0.538. The molecule has 1 rings (SSSR count). The minimum atomic E-state index is -0.923. The van der Waals surface area contributed by atoms with Crippen LogP contribution in [0.1, 0.15) is 26.7 Å². The van der Waals surface area contributed by atoms with E-state index in [-0.39, 0.29) is 11.2 Å². The minimum Gasteiger partial charge on any atom is -0.490 e. The van der Waals surface area contributed by atoms with Crippen molar-refractivity contribution >= 4 is 12.6 Å². The van der Waals surface area contributed by atoms with Crippen molar-refractivity contribution in [3.05, 3.63) is 29.8 Å². The molecule has 4 heteroatoms. The van der Waals surface area contributed by atoms with Gasteiger partial charge in [-0.1, -0.05) is 19.9 Å². The maximum atomic E-state index is 13.4. The number of hydrogen-bond donors (Lipinski definition) is 1. The molecule has 0 spiro atoms. The van der Waals surface area contributed by atoms with Crippen LogP contribution in [0, 0.1) is 17.0 Å². The van der Waals surface area contributed by atoms with Gasteiger partial charge in [0.25, 0.3) is 0 Å². The van der Waals surface area contributed by atoms with Gasteiger partial charge in [-0.3, -0.25) is 0 Å². The lowest BCUT2D eigenvalue weighted by Crippen LogP contribution is -2.29. The van der Waals surface area contributed by atoms with Crippen LogP contribution in [0.5, 0.6) is 5.75 Å². The summed E-state index contributed by atoms with van der Waals surface area (Å²) in [6.07, 6.45) is 1.79. The van der Waals surface area contributed by atoms with Crippen LogP contribution in [0.25, 0.3) is 0 Å². The van der Waals surface area contributed by atoms with Crippen molar-refractivity contribution in [3.8, 4) is 5.75 Å². The smallest absolute Gasteiger partial charge is 0.200 e. The van der Waals surface area contributed by atoms with Gasteiger partial charge < -0.3 is 4.74 Å². The van der Waals surface area contributed by atoms with E-state index < -0.39 is 11.6 Å². The van der Waals surface area contributed by atoms with E-state index in [1.807, 2.05) is 13.8 Å². The van der Waals surface area contributed by atoms with Crippen molar-refractivity contribution in [2.75, 3.05) is 12.4 Å². The molecular weight excluding hydrogens is 242 g/mol. The summed E-state index contributed by atoms with van der Waals surface area (Å²) >= 11 is 4.31. The van der Waals surface area contributed by atoms with Gasteiger partial charge in [-0.15, -0.1) is 0 Å². The van der Waals surface area contributed by atoms with Crippen LogP contribution in [0.3, 0.4) is 0 Å². The summed E-state index contributed by atoms with van der Waals surface area (Å²) in [6.45, 7) is 4.44. The molecule has 0 N–H and O–H groups in total. The van der Waals surface area contributed by atoms with Gasteiger partial charge in [0, 0.05) is 5.41 Å². The Labute approximate surface area is 107 Å². The Morgan fingerprint density at radius 3 is 2.41 bits per heavy atom. The highest BCUT2D eigenvalue weighted by molar-refractivity contribution is 7.80. The summed E-state index contributed by atoms with van der Waals surface area (Å²) in [4.78, 5) is 0. The molecule has 0 aromatic heterocycles. The van der Waals surface area contributed by atoms with Crippen molar-refractivity contribution in [1.82, 2.24) is 0 Å². The van der Waals surface area contributed by atoms with Crippen LogP contribution >= 0.6 is 12.6 Å². The van der Waals surface area contributed by atoms with Crippen LogP contribution in [-0.4, -0.2) is 12.4 Å². The van der Waals surface area contributed by atoms with E-state index in [0.717, 1.165) is 18.9 Å². The van der Waals surface area contributed by atoms with Crippen molar-refractivity contribution in [2.45, 2.75) is 26.7 Å². The number of ether oxygens (including phenoxy) is 1. The zero-order chi connectivity index (χ0) is 12.9. The highest BCUT2D eigenvalue weighted by Crippen LogP contribution is 2.30. The van der Waals surface area contributed by atoms with Crippen LogP contribution in [0.4, 0.5) is 8.78 Å².